The Kier molecular flexibility index (Phi) is 7.81. The highest BCUT2D eigenvalue weighted by Crippen LogP contribution is 2.38. The Bertz CT molecular complexity index is 2700. The summed E-state index contributed by atoms with van der Waals surface area (Å²) in [6.07, 6.45) is 0. The first-order valence-electron chi connectivity index (χ1n) is 17.1. The van der Waals surface area contributed by atoms with Crippen LogP contribution in [0.15, 0.2) is 176 Å². The van der Waals surface area contributed by atoms with Crippen LogP contribution < -0.4 is 0 Å². The second kappa shape index (κ2) is 13.2. The molecule has 0 aliphatic rings. The molecule has 242 valence electrons. The first kappa shape index (κ1) is 30.7. The molecule has 0 saturated carbocycles. The summed E-state index contributed by atoms with van der Waals surface area (Å²) in [6, 6.07) is 61.8. The van der Waals surface area contributed by atoms with Crippen molar-refractivity contribution in [3.8, 4) is 73.7 Å². The van der Waals surface area contributed by atoms with Gasteiger partial charge >= 0.3 is 0 Å². The fourth-order valence-electron chi connectivity index (χ4n) is 6.69. The molecule has 9 aromatic rings. The molecule has 0 N–H and O–H groups in total. The number of aromatic nitrogens is 4. The van der Waals surface area contributed by atoms with Crippen LogP contribution in [-0.4, -0.2) is 19.9 Å². The summed E-state index contributed by atoms with van der Waals surface area (Å²) in [5.41, 5.74) is 10.6. The maximum absolute atomic E-state index is 9.33. The fraction of sp³-hybridized carbons (Fsp3) is 0. The van der Waals surface area contributed by atoms with E-state index in [9.17, 15) is 5.26 Å². The van der Waals surface area contributed by atoms with E-state index in [1.807, 2.05) is 91.0 Å². The monoisotopic (exact) mass is 663 g/mol. The van der Waals surface area contributed by atoms with Gasteiger partial charge in [0.2, 0.25) is 0 Å². The standard InChI is InChI=1S/C47H29N5/c48-30-31-16-18-35(19-17-31)43-29-41(33-10-4-1-5-11-33)44-40-28-39(25-22-34(40)26-27-42(44)49-43)32-20-23-38(24-21-32)47-51-45(36-12-6-2-7-13-36)50-46(52-47)37-14-8-3-9-15-37/h1-29H. The highest BCUT2D eigenvalue weighted by atomic mass is 15.0. The van der Waals surface area contributed by atoms with Gasteiger partial charge in [-0.15, -0.1) is 0 Å². The van der Waals surface area contributed by atoms with E-state index in [2.05, 4.69) is 91.0 Å². The third-order valence-corrected chi connectivity index (χ3v) is 9.36. The summed E-state index contributed by atoms with van der Waals surface area (Å²) >= 11 is 0. The van der Waals surface area contributed by atoms with Crippen molar-refractivity contribution >= 4 is 21.7 Å². The summed E-state index contributed by atoms with van der Waals surface area (Å²) in [6.45, 7) is 0. The minimum Gasteiger partial charge on any atom is -0.248 e. The van der Waals surface area contributed by atoms with Crippen LogP contribution in [-0.2, 0) is 0 Å². The molecule has 0 aliphatic carbocycles. The highest BCUT2D eigenvalue weighted by molar-refractivity contribution is 6.14. The number of hydrogen-bond donors (Lipinski definition) is 0. The van der Waals surface area contributed by atoms with Crippen molar-refractivity contribution in [2.75, 3.05) is 0 Å². The molecule has 7 aromatic carbocycles. The summed E-state index contributed by atoms with van der Waals surface area (Å²) in [5, 5.41) is 12.7. The summed E-state index contributed by atoms with van der Waals surface area (Å²) in [5.74, 6) is 1.90. The second-order valence-corrected chi connectivity index (χ2v) is 12.6. The Hall–Kier alpha value is -7.29. The second-order valence-electron chi connectivity index (χ2n) is 12.6. The van der Waals surface area contributed by atoms with E-state index in [0.29, 0.717) is 23.0 Å². The number of fused-ring (bicyclic) bond motifs is 3. The smallest absolute Gasteiger partial charge is 0.164 e. The van der Waals surface area contributed by atoms with Crippen LogP contribution in [0.3, 0.4) is 0 Å². The molecule has 0 bridgehead atoms. The third kappa shape index (κ3) is 5.85. The lowest BCUT2D eigenvalue weighted by Gasteiger charge is -2.14. The minimum absolute atomic E-state index is 0.625. The Balaban J connectivity index is 1.15. The number of pyridine rings is 1. The molecule has 9 rings (SSSR count). The molecule has 0 amide bonds. The van der Waals surface area contributed by atoms with Crippen LogP contribution in [0.1, 0.15) is 5.56 Å². The van der Waals surface area contributed by atoms with Crippen molar-refractivity contribution in [1.29, 1.82) is 5.26 Å². The van der Waals surface area contributed by atoms with Gasteiger partial charge in [-0.25, -0.2) is 19.9 Å². The Morgan fingerprint density at radius 3 is 1.44 bits per heavy atom. The largest absolute Gasteiger partial charge is 0.248 e. The van der Waals surface area contributed by atoms with E-state index in [0.717, 1.165) is 71.9 Å². The van der Waals surface area contributed by atoms with Gasteiger partial charge in [0.15, 0.2) is 17.5 Å². The summed E-state index contributed by atoms with van der Waals surface area (Å²) < 4.78 is 0. The quantitative estimate of drug-likeness (QED) is 0.166. The SMILES string of the molecule is N#Cc1ccc(-c2cc(-c3ccccc3)c3c(ccc4ccc(-c5ccc(-c6nc(-c7ccccc7)nc(-c7ccccc7)n6)cc5)cc43)n2)cc1. The molecule has 5 heteroatoms. The number of rotatable bonds is 6. The number of nitrogens with zero attached hydrogens (tertiary/aromatic N) is 5. The first-order valence-corrected chi connectivity index (χ1v) is 17.1. The van der Waals surface area contributed by atoms with Crippen LogP contribution >= 0.6 is 0 Å². The first-order chi connectivity index (χ1) is 25.7. The van der Waals surface area contributed by atoms with E-state index >= 15 is 0 Å². The zero-order valence-electron chi connectivity index (χ0n) is 28.0. The predicted molar refractivity (Wildman–Crippen MR) is 210 cm³/mol. The fourth-order valence-corrected chi connectivity index (χ4v) is 6.69. The van der Waals surface area contributed by atoms with Gasteiger partial charge in [0, 0.05) is 27.6 Å². The van der Waals surface area contributed by atoms with Gasteiger partial charge in [-0.3, -0.25) is 0 Å². The molecule has 5 nitrogen and oxygen atoms in total. The van der Waals surface area contributed by atoms with Gasteiger partial charge in [0.1, 0.15) is 0 Å². The van der Waals surface area contributed by atoms with Gasteiger partial charge in [0.25, 0.3) is 0 Å². The molecule has 0 saturated heterocycles. The zero-order valence-corrected chi connectivity index (χ0v) is 28.0. The van der Waals surface area contributed by atoms with Crippen molar-refractivity contribution in [2.45, 2.75) is 0 Å². The van der Waals surface area contributed by atoms with E-state index in [1.165, 1.54) is 0 Å². The van der Waals surface area contributed by atoms with Gasteiger partial charge in [-0.1, -0.05) is 146 Å². The van der Waals surface area contributed by atoms with Crippen LogP contribution in [0, 0.1) is 11.3 Å². The van der Waals surface area contributed by atoms with Gasteiger partial charge in [0.05, 0.1) is 22.8 Å². The molecule has 2 aromatic heterocycles. The lowest BCUT2D eigenvalue weighted by atomic mass is 9.92. The number of nitriles is 1. The lowest BCUT2D eigenvalue weighted by Crippen LogP contribution is -2.00. The van der Waals surface area contributed by atoms with Gasteiger partial charge < -0.3 is 0 Å². The van der Waals surface area contributed by atoms with Crippen molar-refractivity contribution in [3.63, 3.8) is 0 Å². The van der Waals surface area contributed by atoms with Gasteiger partial charge in [-0.05, 0) is 63.4 Å². The molecular weight excluding hydrogens is 635 g/mol. The van der Waals surface area contributed by atoms with Crippen molar-refractivity contribution in [1.82, 2.24) is 19.9 Å². The molecule has 0 spiro atoms. The summed E-state index contributed by atoms with van der Waals surface area (Å²) in [7, 11) is 0. The van der Waals surface area contributed by atoms with Crippen LogP contribution in [0.2, 0.25) is 0 Å². The summed E-state index contributed by atoms with van der Waals surface area (Å²) in [4.78, 5) is 19.8. The normalized spacial score (nSPS) is 11.1. The predicted octanol–water partition coefficient (Wildman–Crippen LogP) is 11.4. The van der Waals surface area contributed by atoms with Crippen molar-refractivity contribution in [2.24, 2.45) is 0 Å². The average molecular weight is 664 g/mol. The maximum atomic E-state index is 9.33. The molecule has 0 radical (unpaired) electrons. The lowest BCUT2D eigenvalue weighted by molar-refractivity contribution is 1.07. The van der Waals surface area contributed by atoms with Crippen LogP contribution in [0.25, 0.3) is 89.4 Å². The Labute approximate surface area is 301 Å². The van der Waals surface area contributed by atoms with E-state index in [1.54, 1.807) is 0 Å². The Morgan fingerprint density at radius 1 is 0.385 bits per heavy atom. The molecule has 0 aliphatic heterocycles. The van der Waals surface area contributed by atoms with Crippen molar-refractivity contribution in [3.05, 3.63) is 181 Å². The molecule has 52 heavy (non-hydrogen) atoms. The van der Waals surface area contributed by atoms with Crippen LogP contribution in [0.4, 0.5) is 0 Å². The third-order valence-electron chi connectivity index (χ3n) is 9.36. The number of hydrogen-bond acceptors (Lipinski definition) is 5. The molecular formula is C47H29N5. The number of benzene rings is 7. The van der Waals surface area contributed by atoms with Crippen LogP contribution in [0.5, 0.6) is 0 Å². The van der Waals surface area contributed by atoms with E-state index < -0.39 is 0 Å². The average Bonchev–Trinajstić information content (AvgIpc) is 3.24. The molecule has 0 atom stereocenters. The van der Waals surface area contributed by atoms with Gasteiger partial charge in [-0.2, -0.15) is 5.26 Å². The Morgan fingerprint density at radius 2 is 0.865 bits per heavy atom. The van der Waals surface area contributed by atoms with E-state index in [4.69, 9.17) is 19.9 Å². The molecule has 0 fully saturated rings. The topological polar surface area (TPSA) is 75.3 Å². The van der Waals surface area contributed by atoms with E-state index in [-0.39, 0.29) is 0 Å². The maximum Gasteiger partial charge on any atom is 0.164 e. The zero-order chi connectivity index (χ0) is 34.9. The molecule has 2 heterocycles. The minimum atomic E-state index is 0.625. The van der Waals surface area contributed by atoms with Crippen molar-refractivity contribution < 1.29 is 0 Å². The highest BCUT2D eigenvalue weighted by Gasteiger charge is 2.15. The molecule has 0 unspecified atom stereocenters.